The summed E-state index contributed by atoms with van der Waals surface area (Å²) < 4.78 is 13.5. The van der Waals surface area contributed by atoms with Gasteiger partial charge in [0.05, 0.1) is 0 Å². The highest BCUT2D eigenvalue weighted by atomic mass is 19.1. The van der Waals surface area contributed by atoms with E-state index in [1.54, 1.807) is 0 Å². The molecule has 2 nitrogen and oxygen atoms in total. The number of hydrogen-bond acceptors (Lipinski definition) is 2. The van der Waals surface area contributed by atoms with E-state index in [1.165, 1.54) is 16.7 Å². The number of carbonyl (C=O) groups is 1. The lowest BCUT2D eigenvalue weighted by molar-refractivity contribution is -0.114. The lowest BCUT2D eigenvalue weighted by Crippen LogP contribution is -2.49. The smallest absolute Gasteiger partial charge is 0.156 e. The summed E-state index contributed by atoms with van der Waals surface area (Å²) in [5, 5.41) is 10.7. The van der Waals surface area contributed by atoms with Crippen LogP contribution < -0.4 is 0 Å². The van der Waals surface area contributed by atoms with E-state index >= 15 is 0 Å². The van der Waals surface area contributed by atoms with Crippen LogP contribution in [0.2, 0.25) is 0 Å². The van der Waals surface area contributed by atoms with Crippen LogP contribution in [0.5, 0.6) is 0 Å². The molecule has 4 aliphatic rings. The number of allylic oxidation sites excluding steroid dienone is 5. The molecule has 2 unspecified atom stereocenters. The minimum atomic E-state index is -1.21. The second-order valence-corrected chi connectivity index (χ2v) is 7.64. The fourth-order valence-electron chi connectivity index (χ4n) is 5.33. The zero-order valence-corrected chi connectivity index (χ0v) is 13.1. The molecule has 0 spiro atoms. The van der Waals surface area contributed by atoms with Gasteiger partial charge in [-0.15, -0.1) is 0 Å². The highest BCUT2D eigenvalue weighted by Gasteiger charge is 2.59. The zero-order chi connectivity index (χ0) is 15.5. The molecule has 0 aromatic heterocycles. The molecule has 0 radical (unpaired) electrons. The normalized spacial score (nSPS) is 43.6. The summed E-state index contributed by atoms with van der Waals surface area (Å²) in [6.45, 7) is 1.36. The lowest BCUT2D eigenvalue weighted by Gasteiger charge is -2.47. The fourth-order valence-corrected chi connectivity index (χ4v) is 5.33. The summed E-state index contributed by atoms with van der Waals surface area (Å²) in [6.07, 6.45) is 10.9. The molecule has 1 N–H and O–H groups in total. The Kier molecular flexibility index (Phi) is 3.03. The molecule has 4 rings (SSSR count). The van der Waals surface area contributed by atoms with Crippen LogP contribution in [0, 0.1) is 17.3 Å². The Balaban J connectivity index is 1.81. The molecule has 0 heterocycles. The summed E-state index contributed by atoms with van der Waals surface area (Å²) in [4.78, 5) is 11.6. The average molecular weight is 302 g/mol. The van der Waals surface area contributed by atoms with Gasteiger partial charge in [-0.3, -0.25) is 4.79 Å². The van der Waals surface area contributed by atoms with Crippen LogP contribution in [0.4, 0.5) is 4.39 Å². The number of hydrogen-bond donors (Lipinski definition) is 1. The first-order valence-corrected chi connectivity index (χ1v) is 8.43. The van der Waals surface area contributed by atoms with E-state index in [2.05, 4.69) is 12.2 Å². The Morgan fingerprint density at radius 1 is 1.32 bits per heavy atom. The first kappa shape index (κ1) is 14.4. The molecular formula is C19H23FO2. The number of fused-ring (bicyclic) bond motifs is 4. The van der Waals surface area contributed by atoms with Gasteiger partial charge in [-0.25, -0.2) is 4.39 Å². The van der Waals surface area contributed by atoms with Crippen LogP contribution in [-0.2, 0) is 4.79 Å². The Bertz CT molecular complexity index is 629. The van der Waals surface area contributed by atoms with E-state index in [9.17, 15) is 14.3 Å². The second kappa shape index (κ2) is 4.64. The van der Waals surface area contributed by atoms with Crippen LogP contribution >= 0.6 is 0 Å². The number of ketones is 1. The van der Waals surface area contributed by atoms with Gasteiger partial charge in [-0.1, -0.05) is 19.1 Å². The molecular weight excluding hydrogens is 279 g/mol. The van der Waals surface area contributed by atoms with Crippen molar-refractivity contribution in [3.63, 3.8) is 0 Å². The van der Waals surface area contributed by atoms with Crippen molar-refractivity contribution in [1.82, 2.24) is 0 Å². The third-order valence-corrected chi connectivity index (χ3v) is 6.77. The largest absolute Gasteiger partial charge is 0.386 e. The van der Waals surface area contributed by atoms with Gasteiger partial charge >= 0.3 is 0 Å². The van der Waals surface area contributed by atoms with Gasteiger partial charge in [0, 0.05) is 11.8 Å². The lowest BCUT2D eigenvalue weighted by atomic mass is 9.58. The van der Waals surface area contributed by atoms with Gasteiger partial charge in [0.15, 0.2) is 5.78 Å². The van der Waals surface area contributed by atoms with Crippen molar-refractivity contribution < 1.29 is 14.3 Å². The molecule has 0 saturated heterocycles. The molecule has 0 aromatic rings. The molecule has 1 saturated carbocycles. The van der Waals surface area contributed by atoms with Gasteiger partial charge < -0.3 is 5.11 Å². The molecule has 22 heavy (non-hydrogen) atoms. The highest BCUT2D eigenvalue weighted by molar-refractivity contribution is 5.93. The number of alkyl halides is 1. The first-order chi connectivity index (χ1) is 10.5. The topological polar surface area (TPSA) is 37.3 Å². The minimum Gasteiger partial charge on any atom is -0.386 e. The molecule has 3 heteroatoms. The molecule has 0 aromatic carbocycles. The fraction of sp³-hybridized carbons (Fsp3) is 0.632. The van der Waals surface area contributed by atoms with E-state index < -0.39 is 17.7 Å². The maximum atomic E-state index is 13.5. The summed E-state index contributed by atoms with van der Waals surface area (Å²) in [5.74, 6) is 0.978. The number of carbonyl (C=O) groups excluding carboxylic acids is 1. The van der Waals surface area contributed by atoms with E-state index in [0.29, 0.717) is 24.7 Å². The van der Waals surface area contributed by atoms with Crippen LogP contribution in [-0.4, -0.2) is 23.2 Å². The molecule has 0 bridgehead atoms. The monoisotopic (exact) mass is 302 g/mol. The summed E-state index contributed by atoms with van der Waals surface area (Å²) in [7, 11) is 0. The van der Waals surface area contributed by atoms with Crippen molar-refractivity contribution >= 4 is 5.78 Å². The van der Waals surface area contributed by atoms with E-state index in [1.807, 2.05) is 13.0 Å². The third kappa shape index (κ3) is 1.72. The quantitative estimate of drug-likeness (QED) is 0.802. The van der Waals surface area contributed by atoms with Crippen molar-refractivity contribution in [1.29, 1.82) is 0 Å². The summed E-state index contributed by atoms with van der Waals surface area (Å²) in [5.41, 5.74) is 2.26. The average Bonchev–Trinajstić information content (AvgIpc) is 2.79. The van der Waals surface area contributed by atoms with Crippen molar-refractivity contribution in [2.24, 2.45) is 17.3 Å². The second-order valence-electron chi connectivity index (χ2n) is 7.64. The standard InChI is InChI=1S/C19H23FO2/c1-18-8-6-15-14-5-3-13(21)10-12(14)2-4-16(15)17(18)7-9-19(18,22)11-20/h6,8,10,16-17,22H,2-5,7,9,11H2,1H3/t16?,17?,18-,19+/m0/s1. The maximum Gasteiger partial charge on any atom is 0.156 e. The van der Waals surface area contributed by atoms with E-state index in [4.69, 9.17) is 0 Å². The molecule has 4 aliphatic carbocycles. The van der Waals surface area contributed by atoms with Gasteiger partial charge in [0.25, 0.3) is 0 Å². The van der Waals surface area contributed by atoms with Crippen LogP contribution in [0.15, 0.2) is 34.9 Å². The Morgan fingerprint density at radius 3 is 2.91 bits per heavy atom. The van der Waals surface area contributed by atoms with Crippen LogP contribution in [0.3, 0.4) is 0 Å². The number of aliphatic hydroxyl groups is 1. The maximum absolute atomic E-state index is 13.5. The third-order valence-electron chi connectivity index (χ3n) is 6.77. The molecule has 1 fully saturated rings. The Morgan fingerprint density at radius 2 is 2.14 bits per heavy atom. The van der Waals surface area contributed by atoms with Crippen LogP contribution in [0.1, 0.15) is 45.4 Å². The Hall–Kier alpha value is -1.22. The van der Waals surface area contributed by atoms with Crippen molar-refractivity contribution in [3.05, 3.63) is 34.9 Å². The molecule has 118 valence electrons. The Labute approximate surface area is 130 Å². The SMILES string of the molecule is C[C@]12C=CC3=C4CCC(=O)C=C4CCC3C1CC[C@@]2(O)CF. The zero-order valence-electron chi connectivity index (χ0n) is 13.1. The van der Waals surface area contributed by atoms with Gasteiger partial charge in [0.2, 0.25) is 0 Å². The minimum absolute atomic E-state index is 0.245. The van der Waals surface area contributed by atoms with Crippen molar-refractivity contribution in [2.45, 2.75) is 51.0 Å². The van der Waals surface area contributed by atoms with Crippen molar-refractivity contribution in [2.75, 3.05) is 6.67 Å². The molecule has 0 aliphatic heterocycles. The molecule has 0 amide bonds. The van der Waals surface area contributed by atoms with E-state index in [-0.39, 0.29) is 5.78 Å². The van der Waals surface area contributed by atoms with Gasteiger partial charge in [0.1, 0.15) is 12.3 Å². The summed E-state index contributed by atoms with van der Waals surface area (Å²) >= 11 is 0. The van der Waals surface area contributed by atoms with Crippen molar-refractivity contribution in [3.8, 4) is 0 Å². The number of halogens is 1. The van der Waals surface area contributed by atoms with Gasteiger partial charge in [-0.05, 0) is 66.7 Å². The van der Waals surface area contributed by atoms with E-state index in [0.717, 1.165) is 25.7 Å². The summed E-state index contributed by atoms with van der Waals surface area (Å²) in [6, 6.07) is 0. The predicted molar refractivity (Wildman–Crippen MR) is 83.0 cm³/mol. The van der Waals surface area contributed by atoms with Crippen LogP contribution in [0.25, 0.3) is 0 Å². The predicted octanol–water partition coefficient (Wildman–Crippen LogP) is 3.67. The number of rotatable bonds is 1. The van der Waals surface area contributed by atoms with Gasteiger partial charge in [-0.2, -0.15) is 0 Å². The first-order valence-electron chi connectivity index (χ1n) is 8.43. The highest BCUT2D eigenvalue weighted by Crippen LogP contribution is 2.60. The molecule has 4 atom stereocenters.